The van der Waals surface area contributed by atoms with Crippen molar-refractivity contribution < 1.29 is 14.3 Å². The molecule has 0 radical (unpaired) electrons. The number of hydrazone groups is 1. The number of rotatable bonds is 8. The molecule has 2 aromatic carbocycles. The first kappa shape index (κ1) is 24.5. The molecule has 0 spiro atoms. The number of ether oxygens (including phenoxy) is 2. The van der Waals surface area contributed by atoms with Gasteiger partial charge in [-0.2, -0.15) is 5.10 Å². The zero-order valence-corrected chi connectivity index (χ0v) is 21.7. The smallest absolute Gasteiger partial charge is 0.257 e. The molecular formula is C29H33N3O3S. The van der Waals surface area contributed by atoms with Crippen LogP contribution in [-0.4, -0.2) is 55.4 Å². The Morgan fingerprint density at radius 2 is 1.81 bits per heavy atom. The van der Waals surface area contributed by atoms with Gasteiger partial charge in [-0.25, -0.2) is 5.01 Å². The maximum absolute atomic E-state index is 13.6. The molecule has 1 aromatic heterocycles. The summed E-state index contributed by atoms with van der Waals surface area (Å²) < 4.78 is 11.3. The first-order valence-electron chi connectivity index (χ1n) is 12.6. The van der Waals surface area contributed by atoms with Gasteiger partial charge in [0, 0.05) is 12.0 Å². The Morgan fingerprint density at radius 1 is 1.00 bits per heavy atom. The third-order valence-corrected chi connectivity index (χ3v) is 8.12. The lowest BCUT2D eigenvalue weighted by molar-refractivity contribution is -0.134. The van der Waals surface area contributed by atoms with E-state index in [-0.39, 0.29) is 11.9 Å². The van der Waals surface area contributed by atoms with E-state index >= 15 is 0 Å². The van der Waals surface area contributed by atoms with E-state index in [0.717, 1.165) is 48.5 Å². The Labute approximate surface area is 217 Å². The minimum absolute atomic E-state index is 0.0259. The van der Waals surface area contributed by atoms with Crippen LogP contribution in [0.3, 0.4) is 0 Å². The Bertz CT molecular complexity index is 1190. The second-order valence-electron chi connectivity index (χ2n) is 9.47. The molecule has 7 heteroatoms. The fourth-order valence-corrected chi connectivity index (χ4v) is 6.03. The molecule has 0 aliphatic carbocycles. The van der Waals surface area contributed by atoms with E-state index in [0.29, 0.717) is 30.4 Å². The van der Waals surface area contributed by atoms with Crippen LogP contribution in [0.15, 0.2) is 71.1 Å². The maximum atomic E-state index is 13.6. The lowest BCUT2D eigenvalue weighted by Crippen LogP contribution is -2.42. The zero-order chi connectivity index (χ0) is 24.9. The molecule has 1 atom stereocenters. The molecule has 1 amide bonds. The van der Waals surface area contributed by atoms with Crippen LogP contribution in [0.25, 0.3) is 0 Å². The zero-order valence-electron chi connectivity index (χ0n) is 20.9. The van der Waals surface area contributed by atoms with Crippen LogP contribution in [-0.2, 0) is 11.2 Å². The predicted octanol–water partition coefficient (Wildman–Crippen LogP) is 5.40. The summed E-state index contributed by atoms with van der Waals surface area (Å²) in [6, 6.07) is 20.4. The molecule has 5 rings (SSSR count). The number of carbonyl (C=O) groups is 1. The summed E-state index contributed by atoms with van der Waals surface area (Å²) in [6.45, 7) is 2.25. The van der Waals surface area contributed by atoms with Gasteiger partial charge >= 0.3 is 0 Å². The lowest BCUT2D eigenvalue weighted by Gasteiger charge is -2.33. The Balaban J connectivity index is 1.30. The quantitative estimate of drug-likeness (QED) is 0.413. The highest BCUT2D eigenvalue weighted by atomic mass is 32.1. The molecule has 36 heavy (non-hydrogen) atoms. The van der Waals surface area contributed by atoms with Crippen molar-refractivity contribution in [3.8, 4) is 11.5 Å². The normalized spacial score (nSPS) is 18.8. The van der Waals surface area contributed by atoms with Gasteiger partial charge in [-0.15, -0.1) is 11.3 Å². The second kappa shape index (κ2) is 11.3. The van der Waals surface area contributed by atoms with Gasteiger partial charge in [0.15, 0.2) is 11.5 Å². The second-order valence-corrected chi connectivity index (χ2v) is 10.4. The van der Waals surface area contributed by atoms with Crippen LogP contribution in [0.1, 0.15) is 41.3 Å². The fourth-order valence-electron chi connectivity index (χ4n) is 5.31. The number of carbonyl (C=O) groups excluding carboxylic acids is 1. The van der Waals surface area contributed by atoms with Gasteiger partial charge in [0.1, 0.15) is 0 Å². The van der Waals surface area contributed by atoms with Crippen molar-refractivity contribution in [2.45, 2.75) is 31.7 Å². The topological polar surface area (TPSA) is 54.4 Å². The number of hydrogen-bond acceptors (Lipinski definition) is 6. The van der Waals surface area contributed by atoms with Crippen LogP contribution in [0.2, 0.25) is 0 Å². The molecule has 0 bridgehead atoms. The van der Waals surface area contributed by atoms with Crippen molar-refractivity contribution in [3.63, 3.8) is 0 Å². The molecule has 3 heterocycles. The Hall–Kier alpha value is -3.16. The highest BCUT2D eigenvalue weighted by Gasteiger charge is 2.36. The van der Waals surface area contributed by atoms with Gasteiger partial charge in [-0.1, -0.05) is 48.5 Å². The summed E-state index contributed by atoms with van der Waals surface area (Å²) in [5.74, 6) is 2.01. The lowest BCUT2D eigenvalue weighted by atomic mass is 9.90. The van der Waals surface area contributed by atoms with Crippen LogP contribution < -0.4 is 9.47 Å². The molecule has 0 N–H and O–H groups in total. The number of thiophene rings is 1. The number of benzene rings is 2. The van der Waals surface area contributed by atoms with Crippen molar-refractivity contribution in [3.05, 3.63) is 82.0 Å². The summed E-state index contributed by atoms with van der Waals surface area (Å²) in [5, 5.41) is 8.57. The first-order chi connectivity index (χ1) is 17.7. The third-order valence-electron chi connectivity index (χ3n) is 7.20. The number of nitrogens with zero attached hydrogens (tertiary/aromatic N) is 3. The number of likely N-dealkylation sites (tertiary alicyclic amines) is 1. The fraction of sp³-hybridized carbons (Fsp3) is 0.379. The number of hydrogen-bond donors (Lipinski definition) is 0. The van der Waals surface area contributed by atoms with Crippen LogP contribution >= 0.6 is 11.3 Å². The minimum Gasteiger partial charge on any atom is -0.493 e. The molecule has 6 nitrogen and oxygen atoms in total. The Kier molecular flexibility index (Phi) is 7.68. The van der Waals surface area contributed by atoms with E-state index in [9.17, 15) is 4.79 Å². The number of amides is 1. The van der Waals surface area contributed by atoms with Crippen LogP contribution in [0.5, 0.6) is 11.5 Å². The standard InChI is InChI=1S/C29H33N3O3S/c1-34-26-11-6-10-23(29(26)35-2)25-19-24(27-12-7-17-36-27)30-32(25)28(33)20-31-15-13-22(14-16-31)18-21-8-4-3-5-9-21/h3-12,17,22,25H,13-16,18-20H2,1-2H3/t25-/m0/s1. The molecule has 0 unspecified atom stereocenters. The number of para-hydroxylation sites is 1. The van der Waals surface area contributed by atoms with Gasteiger partial charge in [0.05, 0.1) is 37.4 Å². The maximum Gasteiger partial charge on any atom is 0.257 e. The average molecular weight is 504 g/mol. The van der Waals surface area contributed by atoms with Gasteiger partial charge in [-0.3, -0.25) is 9.69 Å². The van der Waals surface area contributed by atoms with Crippen LogP contribution in [0.4, 0.5) is 0 Å². The molecule has 0 saturated carbocycles. The van der Waals surface area contributed by atoms with Gasteiger partial charge in [0.25, 0.3) is 5.91 Å². The van der Waals surface area contributed by atoms with E-state index in [1.165, 1.54) is 5.56 Å². The number of piperidine rings is 1. The highest BCUT2D eigenvalue weighted by Crippen LogP contribution is 2.42. The van der Waals surface area contributed by atoms with E-state index in [4.69, 9.17) is 14.6 Å². The van der Waals surface area contributed by atoms with Gasteiger partial charge in [-0.05, 0) is 61.3 Å². The van der Waals surface area contributed by atoms with E-state index in [2.05, 4.69) is 41.3 Å². The average Bonchev–Trinajstić information content (AvgIpc) is 3.60. The molecular weight excluding hydrogens is 470 g/mol. The van der Waals surface area contributed by atoms with Crippen molar-refractivity contribution in [1.29, 1.82) is 0 Å². The SMILES string of the molecule is COc1cccc([C@@H]2CC(c3cccs3)=NN2C(=O)CN2CCC(Cc3ccccc3)CC2)c1OC. The third kappa shape index (κ3) is 5.32. The molecule has 1 fully saturated rings. The monoisotopic (exact) mass is 503 g/mol. The molecule has 188 valence electrons. The van der Waals surface area contributed by atoms with Crippen molar-refractivity contribution >= 4 is 23.0 Å². The van der Waals surface area contributed by atoms with E-state index < -0.39 is 0 Å². The van der Waals surface area contributed by atoms with Crippen molar-refractivity contribution in [2.24, 2.45) is 11.0 Å². The van der Waals surface area contributed by atoms with Gasteiger partial charge in [0.2, 0.25) is 0 Å². The predicted molar refractivity (Wildman–Crippen MR) is 144 cm³/mol. The van der Waals surface area contributed by atoms with Crippen molar-refractivity contribution in [2.75, 3.05) is 33.9 Å². The molecule has 1 saturated heterocycles. The first-order valence-corrected chi connectivity index (χ1v) is 13.4. The van der Waals surface area contributed by atoms with E-state index in [1.54, 1.807) is 30.6 Å². The molecule has 2 aliphatic heterocycles. The minimum atomic E-state index is -0.227. The molecule has 2 aliphatic rings. The van der Waals surface area contributed by atoms with Crippen LogP contribution in [0, 0.1) is 5.92 Å². The summed E-state index contributed by atoms with van der Waals surface area (Å²) in [5.41, 5.74) is 3.26. The van der Waals surface area contributed by atoms with E-state index in [1.807, 2.05) is 29.6 Å². The highest BCUT2D eigenvalue weighted by molar-refractivity contribution is 7.12. The molecule has 3 aromatic rings. The summed E-state index contributed by atoms with van der Waals surface area (Å²) >= 11 is 1.65. The summed E-state index contributed by atoms with van der Waals surface area (Å²) in [7, 11) is 3.28. The summed E-state index contributed by atoms with van der Waals surface area (Å²) in [4.78, 5) is 17.0. The van der Waals surface area contributed by atoms with Crippen molar-refractivity contribution in [1.82, 2.24) is 9.91 Å². The Morgan fingerprint density at radius 3 is 2.50 bits per heavy atom. The van der Waals surface area contributed by atoms with Gasteiger partial charge < -0.3 is 9.47 Å². The summed E-state index contributed by atoms with van der Waals surface area (Å²) in [6.07, 6.45) is 3.98. The largest absolute Gasteiger partial charge is 0.493 e. The number of methoxy groups -OCH3 is 2.